The third-order valence-electron chi connectivity index (χ3n) is 3.74. The lowest BCUT2D eigenvalue weighted by Gasteiger charge is -2.32. The van der Waals surface area contributed by atoms with Crippen LogP contribution in [-0.2, 0) is 16.1 Å². The first kappa shape index (κ1) is 16.3. The standard InChI is InChI=1S/C15H20N6O3/c22-14(4-3-8-21-11-17-19-20-21)18-12-6-9-23-10-13(12)24-15-5-1-2-7-16-15/h1-2,5,7,11-13H,3-4,6,8-10H2,(H,18,22). The first-order chi connectivity index (χ1) is 11.8. The van der Waals surface area contributed by atoms with Crippen LogP contribution in [0, 0.1) is 0 Å². The van der Waals surface area contributed by atoms with Crippen molar-refractivity contribution in [1.82, 2.24) is 30.5 Å². The molecule has 128 valence electrons. The average molecular weight is 332 g/mol. The average Bonchev–Trinajstić information content (AvgIpc) is 3.11. The SMILES string of the molecule is O=C(CCCn1cnnn1)NC1CCOCC1Oc1ccccn1. The lowest BCUT2D eigenvalue weighted by atomic mass is 10.1. The summed E-state index contributed by atoms with van der Waals surface area (Å²) in [5.74, 6) is 0.524. The van der Waals surface area contributed by atoms with E-state index in [1.54, 1.807) is 16.9 Å². The summed E-state index contributed by atoms with van der Waals surface area (Å²) in [5, 5.41) is 13.9. The van der Waals surface area contributed by atoms with Crippen molar-refractivity contribution >= 4 is 5.91 Å². The van der Waals surface area contributed by atoms with E-state index < -0.39 is 0 Å². The lowest BCUT2D eigenvalue weighted by Crippen LogP contribution is -2.51. The Morgan fingerprint density at radius 2 is 2.42 bits per heavy atom. The molecule has 1 aliphatic rings. The van der Waals surface area contributed by atoms with Crippen LogP contribution < -0.4 is 10.1 Å². The van der Waals surface area contributed by atoms with Gasteiger partial charge in [-0.15, -0.1) is 5.10 Å². The molecule has 3 heterocycles. The van der Waals surface area contributed by atoms with Gasteiger partial charge in [-0.05, 0) is 29.3 Å². The number of tetrazole rings is 1. The van der Waals surface area contributed by atoms with Crippen LogP contribution in [0.15, 0.2) is 30.7 Å². The number of amides is 1. The summed E-state index contributed by atoms with van der Waals surface area (Å²) in [4.78, 5) is 16.3. The molecule has 2 atom stereocenters. The number of hydrogen-bond donors (Lipinski definition) is 1. The highest BCUT2D eigenvalue weighted by Crippen LogP contribution is 2.15. The molecular weight excluding hydrogens is 312 g/mol. The first-order valence-corrected chi connectivity index (χ1v) is 7.97. The second kappa shape index (κ2) is 8.34. The molecule has 2 aromatic heterocycles. The smallest absolute Gasteiger partial charge is 0.220 e. The van der Waals surface area contributed by atoms with Crippen LogP contribution in [0.1, 0.15) is 19.3 Å². The quantitative estimate of drug-likeness (QED) is 0.772. The van der Waals surface area contributed by atoms with Gasteiger partial charge >= 0.3 is 0 Å². The number of nitrogens with one attached hydrogen (secondary N) is 1. The molecule has 1 amide bonds. The Morgan fingerprint density at radius 1 is 1.46 bits per heavy atom. The molecule has 0 aromatic carbocycles. The molecule has 0 spiro atoms. The molecule has 2 aromatic rings. The number of aromatic nitrogens is 5. The number of carbonyl (C=O) groups excluding carboxylic acids is 1. The monoisotopic (exact) mass is 332 g/mol. The van der Waals surface area contributed by atoms with Crippen LogP contribution in [0.25, 0.3) is 0 Å². The number of aryl methyl sites for hydroxylation is 1. The van der Waals surface area contributed by atoms with E-state index in [1.165, 1.54) is 6.33 Å². The Morgan fingerprint density at radius 3 is 3.21 bits per heavy atom. The van der Waals surface area contributed by atoms with E-state index in [4.69, 9.17) is 9.47 Å². The maximum Gasteiger partial charge on any atom is 0.220 e. The number of hydrogen-bond acceptors (Lipinski definition) is 7. The van der Waals surface area contributed by atoms with Gasteiger partial charge in [0.15, 0.2) is 0 Å². The van der Waals surface area contributed by atoms with Crippen molar-refractivity contribution in [2.75, 3.05) is 13.2 Å². The van der Waals surface area contributed by atoms with Gasteiger partial charge in [0.05, 0.1) is 12.6 Å². The molecule has 9 nitrogen and oxygen atoms in total. The maximum absolute atomic E-state index is 12.2. The lowest BCUT2D eigenvalue weighted by molar-refractivity contribution is -0.124. The molecule has 0 bridgehead atoms. The minimum atomic E-state index is -0.239. The minimum Gasteiger partial charge on any atom is -0.470 e. The summed E-state index contributed by atoms with van der Waals surface area (Å²) < 4.78 is 12.9. The normalized spacial score (nSPS) is 20.5. The number of pyridine rings is 1. The van der Waals surface area contributed by atoms with E-state index in [0.717, 1.165) is 6.42 Å². The topological polar surface area (TPSA) is 104 Å². The predicted molar refractivity (Wildman–Crippen MR) is 83.1 cm³/mol. The highest BCUT2D eigenvalue weighted by molar-refractivity contribution is 5.76. The highest BCUT2D eigenvalue weighted by atomic mass is 16.5. The summed E-state index contributed by atoms with van der Waals surface area (Å²) >= 11 is 0. The maximum atomic E-state index is 12.2. The summed E-state index contributed by atoms with van der Waals surface area (Å²) in [6, 6.07) is 5.40. The Balaban J connectivity index is 1.47. The summed E-state index contributed by atoms with van der Waals surface area (Å²) in [6.45, 7) is 1.66. The van der Waals surface area contributed by atoms with Crippen molar-refractivity contribution in [1.29, 1.82) is 0 Å². The molecule has 1 fully saturated rings. The van der Waals surface area contributed by atoms with E-state index in [0.29, 0.717) is 38.5 Å². The third kappa shape index (κ3) is 4.72. The number of ether oxygens (including phenoxy) is 2. The van der Waals surface area contributed by atoms with E-state index >= 15 is 0 Å². The molecule has 9 heteroatoms. The first-order valence-electron chi connectivity index (χ1n) is 7.97. The van der Waals surface area contributed by atoms with Crippen LogP contribution >= 0.6 is 0 Å². The van der Waals surface area contributed by atoms with Gasteiger partial charge in [-0.2, -0.15) is 0 Å². The molecule has 24 heavy (non-hydrogen) atoms. The highest BCUT2D eigenvalue weighted by Gasteiger charge is 2.29. The molecular formula is C15H20N6O3. The van der Waals surface area contributed by atoms with Crippen molar-refractivity contribution in [2.24, 2.45) is 0 Å². The number of nitrogens with zero attached hydrogens (tertiary/aromatic N) is 5. The van der Waals surface area contributed by atoms with Crippen LogP contribution in [0.3, 0.4) is 0 Å². The van der Waals surface area contributed by atoms with Gasteiger partial charge in [0.2, 0.25) is 11.8 Å². The van der Waals surface area contributed by atoms with E-state index in [-0.39, 0.29) is 18.1 Å². The fraction of sp³-hybridized carbons (Fsp3) is 0.533. The zero-order valence-electron chi connectivity index (χ0n) is 13.2. The zero-order valence-corrected chi connectivity index (χ0v) is 13.2. The second-order valence-electron chi connectivity index (χ2n) is 5.54. The van der Waals surface area contributed by atoms with Gasteiger partial charge in [0.1, 0.15) is 12.4 Å². The Kier molecular flexibility index (Phi) is 5.67. The van der Waals surface area contributed by atoms with Crippen LogP contribution in [0.2, 0.25) is 0 Å². The van der Waals surface area contributed by atoms with Gasteiger partial charge in [0.25, 0.3) is 0 Å². The third-order valence-corrected chi connectivity index (χ3v) is 3.74. The molecule has 1 aliphatic heterocycles. The van der Waals surface area contributed by atoms with E-state index in [2.05, 4.69) is 25.8 Å². The van der Waals surface area contributed by atoms with Crippen molar-refractivity contribution in [3.63, 3.8) is 0 Å². The van der Waals surface area contributed by atoms with Gasteiger partial charge in [-0.3, -0.25) is 4.79 Å². The summed E-state index contributed by atoms with van der Waals surface area (Å²) in [5.41, 5.74) is 0. The number of carbonyl (C=O) groups is 1. The fourth-order valence-corrected chi connectivity index (χ4v) is 2.53. The van der Waals surface area contributed by atoms with Gasteiger partial charge in [-0.1, -0.05) is 6.07 Å². The molecule has 0 aliphatic carbocycles. The van der Waals surface area contributed by atoms with Crippen molar-refractivity contribution < 1.29 is 14.3 Å². The van der Waals surface area contributed by atoms with E-state index in [1.807, 2.05) is 12.1 Å². The largest absolute Gasteiger partial charge is 0.470 e. The van der Waals surface area contributed by atoms with Gasteiger partial charge in [0, 0.05) is 31.8 Å². The summed E-state index contributed by atoms with van der Waals surface area (Å²) in [7, 11) is 0. The number of rotatable bonds is 7. The van der Waals surface area contributed by atoms with Crippen LogP contribution in [-0.4, -0.2) is 56.5 Å². The Hall–Kier alpha value is -2.55. The Bertz CT molecular complexity index is 621. The predicted octanol–water partition coefficient (Wildman–Crippen LogP) is 0.201. The van der Waals surface area contributed by atoms with Gasteiger partial charge < -0.3 is 14.8 Å². The fourth-order valence-electron chi connectivity index (χ4n) is 2.53. The summed E-state index contributed by atoms with van der Waals surface area (Å²) in [6.07, 6.45) is 4.77. The molecule has 0 radical (unpaired) electrons. The second-order valence-corrected chi connectivity index (χ2v) is 5.54. The molecule has 3 rings (SSSR count). The minimum absolute atomic E-state index is 0.00963. The molecule has 2 unspecified atom stereocenters. The molecule has 1 saturated heterocycles. The van der Waals surface area contributed by atoms with Crippen LogP contribution in [0.4, 0.5) is 0 Å². The molecule has 1 N–H and O–H groups in total. The zero-order chi connectivity index (χ0) is 16.6. The van der Waals surface area contributed by atoms with Crippen molar-refractivity contribution in [3.8, 4) is 5.88 Å². The van der Waals surface area contributed by atoms with Crippen LogP contribution in [0.5, 0.6) is 5.88 Å². The Labute approximate surface area is 139 Å². The van der Waals surface area contributed by atoms with Crippen molar-refractivity contribution in [2.45, 2.75) is 38.0 Å². The van der Waals surface area contributed by atoms with E-state index in [9.17, 15) is 4.79 Å². The molecule has 0 saturated carbocycles. The van der Waals surface area contributed by atoms with Crippen molar-refractivity contribution in [3.05, 3.63) is 30.7 Å². The van der Waals surface area contributed by atoms with Gasteiger partial charge in [-0.25, -0.2) is 9.67 Å².